The molecule has 0 radical (unpaired) electrons. The Labute approximate surface area is 169 Å². The van der Waals surface area contributed by atoms with Gasteiger partial charge in [-0.1, -0.05) is 18.2 Å². The van der Waals surface area contributed by atoms with Crippen molar-refractivity contribution in [3.05, 3.63) is 58.6 Å². The largest absolute Gasteiger partial charge is 0.486 e. The minimum absolute atomic E-state index is 0.115. The van der Waals surface area contributed by atoms with Crippen molar-refractivity contribution in [1.29, 1.82) is 0 Å². The molecule has 0 atom stereocenters. The number of carbonyl (C=O) groups excluding carboxylic acids is 1. The first-order valence-corrected chi connectivity index (χ1v) is 10.00. The number of aromatic nitrogens is 2. The third-order valence-electron chi connectivity index (χ3n) is 4.80. The molecular weight excluding hydrogens is 390 g/mol. The number of amides is 1. The van der Waals surface area contributed by atoms with E-state index in [0.29, 0.717) is 46.4 Å². The molecule has 0 unspecified atom stereocenters. The SMILES string of the molecule is Cc1nc2c(sc3ccccc32)c(=O)n1CC(=O)Nc1ccc2c(c1)OCCO2. The molecule has 1 amide bonds. The van der Waals surface area contributed by atoms with E-state index < -0.39 is 0 Å². The van der Waals surface area contributed by atoms with Crippen molar-refractivity contribution in [1.82, 2.24) is 9.55 Å². The molecule has 29 heavy (non-hydrogen) atoms. The molecule has 4 aromatic rings. The van der Waals surface area contributed by atoms with Crippen LogP contribution in [0, 0.1) is 6.92 Å². The third kappa shape index (κ3) is 3.11. The van der Waals surface area contributed by atoms with Gasteiger partial charge in [0.1, 0.15) is 30.3 Å². The molecule has 0 aliphatic carbocycles. The number of hydrogen-bond acceptors (Lipinski definition) is 6. The van der Waals surface area contributed by atoms with E-state index >= 15 is 0 Å². The Hall–Kier alpha value is -3.39. The lowest BCUT2D eigenvalue weighted by Gasteiger charge is -2.19. The molecule has 2 aromatic heterocycles. The van der Waals surface area contributed by atoms with E-state index in [2.05, 4.69) is 10.3 Å². The maximum absolute atomic E-state index is 13.0. The van der Waals surface area contributed by atoms with Crippen LogP contribution in [-0.4, -0.2) is 28.7 Å². The first kappa shape index (κ1) is 17.7. The lowest BCUT2D eigenvalue weighted by Crippen LogP contribution is -2.29. The van der Waals surface area contributed by atoms with E-state index in [0.717, 1.165) is 10.1 Å². The highest BCUT2D eigenvalue weighted by Crippen LogP contribution is 2.33. The second-order valence-corrected chi connectivity index (χ2v) is 7.79. The van der Waals surface area contributed by atoms with Crippen LogP contribution >= 0.6 is 11.3 Å². The Balaban J connectivity index is 1.44. The molecular formula is C21H17N3O4S. The smallest absolute Gasteiger partial charge is 0.272 e. The fraction of sp³-hybridized carbons (Fsp3) is 0.190. The number of rotatable bonds is 3. The third-order valence-corrected chi connectivity index (χ3v) is 5.95. The molecule has 7 nitrogen and oxygen atoms in total. The Morgan fingerprint density at radius 2 is 1.97 bits per heavy atom. The van der Waals surface area contributed by atoms with E-state index in [1.165, 1.54) is 15.9 Å². The van der Waals surface area contributed by atoms with Crippen LogP contribution in [0.25, 0.3) is 20.3 Å². The molecule has 0 fully saturated rings. The molecule has 8 heteroatoms. The van der Waals surface area contributed by atoms with Crippen LogP contribution in [0.4, 0.5) is 5.69 Å². The Kier molecular flexibility index (Phi) is 4.21. The van der Waals surface area contributed by atoms with Crippen LogP contribution in [0.3, 0.4) is 0 Å². The maximum atomic E-state index is 13.0. The quantitative estimate of drug-likeness (QED) is 0.563. The number of thiophene rings is 1. The molecule has 1 N–H and O–H groups in total. The van der Waals surface area contributed by atoms with Gasteiger partial charge < -0.3 is 14.8 Å². The highest BCUT2D eigenvalue weighted by Gasteiger charge is 2.17. The van der Waals surface area contributed by atoms with Crippen molar-refractivity contribution in [2.75, 3.05) is 18.5 Å². The predicted molar refractivity (Wildman–Crippen MR) is 112 cm³/mol. The van der Waals surface area contributed by atoms with E-state index in [9.17, 15) is 9.59 Å². The summed E-state index contributed by atoms with van der Waals surface area (Å²) in [6.45, 7) is 2.61. The lowest BCUT2D eigenvalue weighted by atomic mass is 10.2. The second kappa shape index (κ2) is 6.89. The monoisotopic (exact) mass is 407 g/mol. The average molecular weight is 407 g/mol. The molecule has 5 rings (SSSR count). The average Bonchev–Trinajstić information content (AvgIpc) is 3.10. The Morgan fingerprint density at radius 3 is 2.83 bits per heavy atom. The van der Waals surface area contributed by atoms with Crippen LogP contribution in [0.1, 0.15) is 5.82 Å². The van der Waals surface area contributed by atoms with Gasteiger partial charge in [0, 0.05) is 21.8 Å². The van der Waals surface area contributed by atoms with Gasteiger partial charge >= 0.3 is 0 Å². The van der Waals surface area contributed by atoms with Gasteiger partial charge in [-0.2, -0.15) is 0 Å². The molecule has 0 spiro atoms. The zero-order valence-corrected chi connectivity index (χ0v) is 16.4. The molecule has 3 heterocycles. The zero-order chi connectivity index (χ0) is 20.0. The summed E-state index contributed by atoms with van der Waals surface area (Å²) in [7, 11) is 0. The maximum Gasteiger partial charge on any atom is 0.272 e. The summed E-state index contributed by atoms with van der Waals surface area (Å²) in [5, 5.41) is 3.77. The van der Waals surface area contributed by atoms with Crippen LogP contribution in [0.15, 0.2) is 47.3 Å². The summed E-state index contributed by atoms with van der Waals surface area (Å²) in [6, 6.07) is 13.0. The van der Waals surface area contributed by atoms with Crippen molar-refractivity contribution in [2.45, 2.75) is 13.5 Å². The molecule has 2 aromatic carbocycles. The number of ether oxygens (including phenoxy) is 2. The van der Waals surface area contributed by atoms with Crippen molar-refractivity contribution < 1.29 is 14.3 Å². The number of aryl methyl sites for hydroxylation is 1. The Morgan fingerprint density at radius 1 is 1.17 bits per heavy atom. The van der Waals surface area contributed by atoms with Gasteiger partial charge in [-0.25, -0.2) is 4.98 Å². The fourth-order valence-electron chi connectivity index (χ4n) is 3.43. The van der Waals surface area contributed by atoms with E-state index in [4.69, 9.17) is 9.47 Å². The van der Waals surface area contributed by atoms with Crippen LogP contribution in [-0.2, 0) is 11.3 Å². The van der Waals surface area contributed by atoms with Crippen molar-refractivity contribution in [3.8, 4) is 11.5 Å². The standard InChI is InChI=1S/C21H17N3O4S/c1-12-22-19-14-4-2-3-5-17(14)29-20(19)21(26)24(12)11-18(25)23-13-6-7-15-16(10-13)28-9-8-27-15/h2-7,10H,8-9,11H2,1H3,(H,23,25). The number of nitrogens with one attached hydrogen (secondary N) is 1. The van der Waals surface area contributed by atoms with Gasteiger partial charge in [-0.15, -0.1) is 11.3 Å². The van der Waals surface area contributed by atoms with Gasteiger partial charge in [0.05, 0.1) is 5.52 Å². The first-order chi connectivity index (χ1) is 14.1. The first-order valence-electron chi connectivity index (χ1n) is 9.18. The minimum atomic E-state index is -0.311. The summed E-state index contributed by atoms with van der Waals surface area (Å²) < 4.78 is 14.0. The topological polar surface area (TPSA) is 82.5 Å². The van der Waals surface area contributed by atoms with Crippen LogP contribution in [0.2, 0.25) is 0 Å². The molecule has 146 valence electrons. The van der Waals surface area contributed by atoms with Crippen LogP contribution < -0.4 is 20.3 Å². The lowest BCUT2D eigenvalue weighted by molar-refractivity contribution is -0.116. The van der Waals surface area contributed by atoms with Gasteiger partial charge in [0.15, 0.2) is 11.5 Å². The summed E-state index contributed by atoms with van der Waals surface area (Å²) in [4.78, 5) is 30.2. The molecule has 0 saturated carbocycles. The normalized spacial score (nSPS) is 13.0. The molecule has 1 aliphatic heterocycles. The number of fused-ring (bicyclic) bond motifs is 4. The van der Waals surface area contributed by atoms with Gasteiger partial charge in [0.25, 0.3) is 5.56 Å². The van der Waals surface area contributed by atoms with E-state index in [1.807, 2.05) is 24.3 Å². The molecule has 1 aliphatic rings. The number of carbonyl (C=O) groups is 1. The number of benzene rings is 2. The highest BCUT2D eigenvalue weighted by atomic mass is 32.1. The summed E-state index contributed by atoms with van der Waals surface area (Å²) in [6.07, 6.45) is 0. The van der Waals surface area contributed by atoms with Gasteiger partial charge in [0.2, 0.25) is 5.91 Å². The Bertz CT molecular complexity index is 1320. The highest BCUT2D eigenvalue weighted by molar-refractivity contribution is 7.25. The second-order valence-electron chi connectivity index (χ2n) is 6.73. The zero-order valence-electron chi connectivity index (χ0n) is 15.6. The van der Waals surface area contributed by atoms with E-state index in [-0.39, 0.29) is 18.0 Å². The fourth-order valence-corrected chi connectivity index (χ4v) is 4.52. The van der Waals surface area contributed by atoms with Gasteiger partial charge in [-0.05, 0) is 25.1 Å². The molecule has 0 saturated heterocycles. The van der Waals surface area contributed by atoms with E-state index in [1.54, 1.807) is 25.1 Å². The summed E-state index contributed by atoms with van der Waals surface area (Å²) >= 11 is 1.40. The van der Waals surface area contributed by atoms with Gasteiger partial charge in [-0.3, -0.25) is 14.2 Å². The minimum Gasteiger partial charge on any atom is -0.486 e. The number of anilines is 1. The predicted octanol–water partition coefficient (Wildman–Crippen LogP) is 3.33. The van der Waals surface area contributed by atoms with Crippen LogP contribution in [0.5, 0.6) is 11.5 Å². The number of hydrogen-bond donors (Lipinski definition) is 1. The molecule has 0 bridgehead atoms. The van der Waals surface area contributed by atoms with Crippen molar-refractivity contribution in [2.24, 2.45) is 0 Å². The summed E-state index contributed by atoms with van der Waals surface area (Å²) in [5.41, 5.74) is 1.07. The van der Waals surface area contributed by atoms with Crippen molar-refractivity contribution in [3.63, 3.8) is 0 Å². The van der Waals surface area contributed by atoms with Crippen molar-refractivity contribution >= 4 is 43.2 Å². The number of nitrogens with zero attached hydrogens (tertiary/aromatic N) is 2. The summed E-state index contributed by atoms with van der Waals surface area (Å²) in [5.74, 6) is 1.44.